The summed E-state index contributed by atoms with van der Waals surface area (Å²) >= 11 is 7.62. The van der Waals surface area contributed by atoms with Crippen LogP contribution >= 0.6 is 23.4 Å². The molecule has 0 bridgehead atoms. The van der Waals surface area contributed by atoms with Gasteiger partial charge in [0.05, 0.1) is 20.4 Å². The minimum atomic E-state index is -0.287. The van der Waals surface area contributed by atoms with Gasteiger partial charge in [0, 0.05) is 26.8 Å². The number of amides is 1. The number of halogens is 1. The molecule has 0 aliphatic heterocycles. The van der Waals surface area contributed by atoms with Gasteiger partial charge in [0.25, 0.3) is 5.91 Å². The Kier molecular flexibility index (Phi) is 7.76. The number of hydrazone groups is 1. The van der Waals surface area contributed by atoms with Crippen LogP contribution in [0.15, 0.2) is 76.7 Å². The van der Waals surface area contributed by atoms with Gasteiger partial charge in [-0.1, -0.05) is 29.8 Å². The van der Waals surface area contributed by atoms with Crippen LogP contribution in [-0.2, 0) is 5.75 Å². The van der Waals surface area contributed by atoms with Crippen LogP contribution in [0.2, 0.25) is 5.02 Å². The summed E-state index contributed by atoms with van der Waals surface area (Å²) in [5.74, 6) is 1.67. The minimum Gasteiger partial charge on any atom is -0.493 e. The number of methoxy groups -OCH3 is 2. The number of nitrogens with one attached hydrogen (secondary N) is 1. The molecule has 0 aromatic heterocycles. The van der Waals surface area contributed by atoms with Crippen molar-refractivity contribution < 1.29 is 14.3 Å². The monoisotopic (exact) mass is 440 g/mol. The van der Waals surface area contributed by atoms with Crippen LogP contribution in [0.1, 0.15) is 21.5 Å². The minimum absolute atomic E-state index is 0.287. The van der Waals surface area contributed by atoms with Gasteiger partial charge < -0.3 is 9.47 Å². The molecule has 5 nitrogen and oxygen atoms in total. The van der Waals surface area contributed by atoms with Gasteiger partial charge in [0.1, 0.15) is 0 Å². The smallest absolute Gasteiger partial charge is 0.271 e. The van der Waals surface area contributed by atoms with E-state index in [1.165, 1.54) is 6.21 Å². The molecule has 1 N–H and O–H groups in total. The number of benzene rings is 3. The summed E-state index contributed by atoms with van der Waals surface area (Å²) in [6.45, 7) is 0. The van der Waals surface area contributed by atoms with Crippen LogP contribution in [0, 0.1) is 0 Å². The molecular formula is C23H21ClN2O3S. The van der Waals surface area contributed by atoms with E-state index in [0.717, 1.165) is 21.2 Å². The molecule has 0 aliphatic rings. The number of rotatable bonds is 8. The molecule has 3 aromatic rings. The molecule has 0 spiro atoms. The maximum absolute atomic E-state index is 12.3. The zero-order chi connectivity index (χ0) is 21.3. The zero-order valence-electron chi connectivity index (χ0n) is 16.6. The summed E-state index contributed by atoms with van der Waals surface area (Å²) in [5.41, 5.74) is 4.89. The predicted octanol–water partition coefficient (Wildman–Crippen LogP) is 5.41. The lowest BCUT2D eigenvalue weighted by Gasteiger charge is -2.09. The Labute approximate surface area is 185 Å². The Bertz CT molecular complexity index is 1020. The molecule has 0 fully saturated rings. The summed E-state index contributed by atoms with van der Waals surface area (Å²) in [7, 11) is 3.12. The maximum Gasteiger partial charge on any atom is 0.271 e. The first-order valence-corrected chi connectivity index (χ1v) is 10.5. The molecule has 0 radical (unpaired) electrons. The van der Waals surface area contributed by atoms with E-state index in [1.54, 1.807) is 44.2 Å². The maximum atomic E-state index is 12.3. The zero-order valence-corrected chi connectivity index (χ0v) is 18.2. The second-order valence-corrected chi connectivity index (χ2v) is 7.71. The normalized spacial score (nSPS) is 10.8. The molecule has 0 saturated heterocycles. The third-order valence-electron chi connectivity index (χ3n) is 4.24. The quantitative estimate of drug-likeness (QED) is 0.289. The Hall–Kier alpha value is -2.96. The lowest BCUT2D eigenvalue weighted by atomic mass is 10.1. The molecule has 3 rings (SSSR count). The number of carbonyl (C=O) groups is 1. The first-order valence-electron chi connectivity index (χ1n) is 9.12. The van der Waals surface area contributed by atoms with E-state index in [9.17, 15) is 4.79 Å². The summed E-state index contributed by atoms with van der Waals surface area (Å²) in [4.78, 5) is 13.5. The van der Waals surface area contributed by atoms with E-state index < -0.39 is 0 Å². The number of hydrogen-bond donors (Lipinski definition) is 1. The third kappa shape index (κ3) is 5.78. The van der Waals surface area contributed by atoms with Crippen LogP contribution in [0.4, 0.5) is 0 Å². The highest BCUT2D eigenvalue weighted by Crippen LogP contribution is 2.29. The summed E-state index contributed by atoms with van der Waals surface area (Å²) in [5, 5.41) is 4.76. The van der Waals surface area contributed by atoms with Crippen LogP contribution in [0.25, 0.3) is 0 Å². The van der Waals surface area contributed by atoms with Crippen LogP contribution < -0.4 is 14.9 Å². The number of carbonyl (C=O) groups excluding carboxylic acids is 1. The lowest BCUT2D eigenvalue weighted by molar-refractivity contribution is 0.0955. The SMILES string of the molecule is COc1cccc(C=NNC(=O)c2ccc(CSc3ccc(Cl)cc3)cc2)c1OC. The number of para-hydroxylation sites is 1. The summed E-state index contributed by atoms with van der Waals surface area (Å²) < 4.78 is 10.6. The number of ether oxygens (including phenoxy) is 2. The first kappa shape index (κ1) is 21.7. The van der Waals surface area contributed by atoms with E-state index in [2.05, 4.69) is 10.5 Å². The van der Waals surface area contributed by atoms with Gasteiger partial charge in [-0.15, -0.1) is 11.8 Å². The molecule has 0 aliphatic carbocycles. The van der Waals surface area contributed by atoms with Gasteiger partial charge in [-0.25, -0.2) is 5.43 Å². The molecule has 0 saturated carbocycles. The Balaban J connectivity index is 1.57. The van der Waals surface area contributed by atoms with Gasteiger partial charge in [-0.2, -0.15) is 5.10 Å². The van der Waals surface area contributed by atoms with Crippen molar-refractivity contribution in [3.8, 4) is 11.5 Å². The highest BCUT2D eigenvalue weighted by atomic mass is 35.5. The van der Waals surface area contributed by atoms with Crippen molar-refractivity contribution in [3.05, 3.63) is 88.4 Å². The van der Waals surface area contributed by atoms with Crippen molar-refractivity contribution in [1.29, 1.82) is 0 Å². The summed E-state index contributed by atoms with van der Waals surface area (Å²) in [6, 6.07) is 20.6. The number of thioether (sulfide) groups is 1. The molecule has 154 valence electrons. The van der Waals surface area contributed by atoms with Crippen LogP contribution in [-0.4, -0.2) is 26.3 Å². The Morgan fingerprint density at radius 1 is 1.03 bits per heavy atom. The molecule has 3 aromatic carbocycles. The molecule has 0 unspecified atom stereocenters. The van der Waals surface area contributed by atoms with Gasteiger partial charge in [0.2, 0.25) is 0 Å². The summed E-state index contributed by atoms with van der Waals surface area (Å²) in [6.07, 6.45) is 1.52. The van der Waals surface area contributed by atoms with Crippen LogP contribution in [0.5, 0.6) is 11.5 Å². The van der Waals surface area contributed by atoms with E-state index in [0.29, 0.717) is 22.6 Å². The van der Waals surface area contributed by atoms with Crippen molar-refractivity contribution in [2.45, 2.75) is 10.6 Å². The van der Waals surface area contributed by atoms with E-state index >= 15 is 0 Å². The van der Waals surface area contributed by atoms with E-state index in [4.69, 9.17) is 21.1 Å². The van der Waals surface area contributed by atoms with Crippen molar-refractivity contribution >= 4 is 35.5 Å². The largest absolute Gasteiger partial charge is 0.493 e. The molecule has 0 heterocycles. The highest BCUT2D eigenvalue weighted by molar-refractivity contribution is 7.98. The third-order valence-corrected chi connectivity index (χ3v) is 5.57. The molecular weight excluding hydrogens is 420 g/mol. The van der Waals surface area contributed by atoms with Gasteiger partial charge in [0.15, 0.2) is 11.5 Å². The highest BCUT2D eigenvalue weighted by Gasteiger charge is 2.08. The Morgan fingerprint density at radius 3 is 2.43 bits per heavy atom. The molecule has 1 amide bonds. The van der Waals surface area contributed by atoms with E-state index in [1.807, 2.05) is 48.5 Å². The van der Waals surface area contributed by atoms with Gasteiger partial charge >= 0.3 is 0 Å². The second-order valence-electron chi connectivity index (χ2n) is 6.22. The fraction of sp³-hybridized carbons (Fsp3) is 0.130. The van der Waals surface area contributed by atoms with Crippen molar-refractivity contribution in [3.63, 3.8) is 0 Å². The second kappa shape index (κ2) is 10.7. The van der Waals surface area contributed by atoms with Crippen molar-refractivity contribution in [2.75, 3.05) is 14.2 Å². The fourth-order valence-electron chi connectivity index (χ4n) is 2.69. The number of hydrogen-bond acceptors (Lipinski definition) is 5. The van der Waals surface area contributed by atoms with Gasteiger partial charge in [-0.05, 0) is 54.1 Å². The fourth-order valence-corrected chi connectivity index (χ4v) is 3.67. The van der Waals surface area contributed by atoms with E-state index in [-0.39, 0.29) is 5.91 Å². The average molecular weight is 441 g/mol. The standard InChI is InChI=1S/C23H21ClN2O3S/c1-28-21-5-3-4-18(22(21)29-2)14-25-26-23(27)17-8-6-16(7-9-17)15-30-20-12-10-19(24)11-13-20/h3-14H,15H2,1-2H3,(H,26,27). The van der Waals surface area contributed by atoms with Crippen molar-refractivity contribution in [2.24, 2.45) is 5.10 Å². The average Bonchev–Trinajstić information content (AvgIpc) is 2.78. The Morgan fingerprint density at radius 2 is 1.77 bits per heavy atom. The van der Waals surface area contributed by atoms with Crippen molar-refractivity contribution in [1.82, 2.24) is 5.43 Å². The van der Waals surface area contributed by atoms with Crippen LogP contribution in [0.3, 0.4) is 0 Å². The first-order chi connectivity index (χ1) is 14.6. The topological polar surface area (TPSA) is 59.9 Å². The lowest BCUT2D eigenvalue weighted by Crippen LogP contribution is -2.17. The van der Waals surface area contributed by atoms with Gasteiger partial charge in [-0.3, -0.25) is 4.79 Å². The molecule has 7 heteroatoms. The molecule has 0 atom stereocenters. The number of nitrogens with zero attached hydrogens (tertiary/aromatic N) is 1. The molecule has 30 heavy (non-hydrogen) atoms. The predicted molar refractivity (Wildman–Crippen MR) is 122 cm³/mol.